The number of aryl methyl sites for hydroxylation is 1. The summed E-state index contributed by atoms with van der Waals surface area (Å²) in [5.74, 6) is 1.01. The second kappa shape index (κ2) is 3.89. The number of hydrogen-bond donors (Lipinski definition) is 1. The van der Waals surface area contributed by atoms with Crippen molar-refractivity contribution < 1.29 is 0 Å². The van der Waals surface area contributed by atoms with Gasteiger partial charge in [0.25, 0.3) is 0 Å². The molecular formula is C9H12N4S. The zero-order valence-electron chi connectivity index (χ0n) is 7.92. The molecule has 0 aromatic carbocycles. The van der Waals surface area contributed by atoms with Crippen molar-refractivity contribution in [3.05, 3.63) is 34.8 Å². The first-order valence-corrected chi connectivity index (χ1v) is 5.25. The Morgan fingerprint density at radius 3 is 3.07 bits per heavy atom. The van der Waals surface area contributed by atoms with Gasteiger partial charge < -0.3 is 10.3 Å². The Morgan fingerprint density at radius 2 is 2.50 bits per heavy atom. The summed E-state index contributed by atoms with van der Waals surface area (Å²) < 4.78 is 1.99. The van der Waals surface area contributed by atoms with E-state index in [-0.39, 0.29) is 6.04 Å². The minimum absolute atomic E-state index is 0.00333. The van der Waals surface area contributed by atoms with Crippen LogP contribution >= 0.6 is 11.3 Å². The second-order valence-electron chi connectivity index (χ2n) is 3.17. The number of imidazole rings is 1. The number of rotatable bonds is 3. The normalized spacial score (nSPS) is 13.0. The maximum absolute atomic E-state index is 6.02. The number of nitrogens with two attached hydrogens (primary N) is 1. The van der Waals surface area contributed by atoms with Crippen LogP contribution in [-0.2, 0) is 13.5 Å². The molecule has 1 unspecified atom stereocenters. The van der Waals surface area contributed by atoms with Crippen LogP contribution in [0.15, 0.2) is 24.1 Å². The van der Waals surface area contributed by atoms with Gasteiger partial charge in [0.15, 0.2) is 0 Å². The third kappa shape index (κ3) is 1.83. The van der Waals surface area contributed by atoms with Crippen molar-refractivity contribution in [2.45, 2.75) is 12.5 Å². The van der Waals surface area contributed by atoms with Crippen molar-refractivity contribution >= 4 is 11.3 Å². The summed E-state index contributed by atoms with van der Waals surface area (Å²) >= 11 is 1.59. The Morgan fingerprint density at radius 1 is 1.64 bits per heavy atom. The fraction of sp³-hybridized carbons (Fsp3) is 0.333. The predicted molar refractivity (Wildman–Crippen MR) is 56.0 cm³/mol. The van der Waals surface area contributed by atoms with E-state index in [0.29, 0.717) is 0 Å². The molecule has 5 heteroatoms. The molecule has 2 rings (SSSR count). The van der Waals surface area contributed by atoms with E-state index in [2.05, 4.69) is 9.97 Å². The van der Waals surface area contributed by atoms with Gasteiger partial charge in [0.1, 0.15) is 5.82 Å². The van der Waals surface area contributed by atoms with Crippen molar-refractivity contribution in [2.75, 3.05) is 0 Å². The minimum atomic E-state index is 0.00333. The van der Waals surface area contributed by atoms with E-state index in [9.17, 15) is 0 Å². The summed E-state index contributed by atoms with van der Waals surface area (Å²) in [7, 11) is 1.97. The van der Waals surface area contributed by atoms with Crippen LogP contribution < -0.4 is 5.73 Å². The third-order valence-corrected chi connectivity index (χ3v) is 3.05. The standard InChI is InChI=1S/C9H12N4S/c1-13-3-2-12-9(13)4-7(10)8-5-11-6-14-8/h2-3,5-7H,4,10H2,1H3. The molecule has 1 atom stereocenters. The molecule has 0 fully saturated rings. The minimum Gasteiger partial charge on any atom is -0.338 e. The van der Waals surface area contributed by atoms with E-state index >= 15 is 0 Å². The van der Waals surface area contributed by atoms with Gasteiger partial charge in [-0.25, -0.2) is 4.98 Å². The van der Waals surface area contributed by atoms with Crippen LogP contribution in [0.3, 0.4) is 0 Å². The molecule has 0 aliphatic carbocycles. The summed E-state index contributed by atoms with van der Waals surface area (Å²) in [4.78, 5) is 9.34. The summed E-state index contributed by atoms with van der Waals surface area (Å²) in [5.41, 5.74) is 7.82. The molecule has 0 saturated heterocycles. The molecule has 2 aromatic rings. The van der Waals surface area contributed by atoms with Crippen molar-refractivity contribution in [1.82, 2.24) is 14.5 Å². The molecular weight excluding hydrogens is 196 g/mol. The largest absolute Gasteiger partial charge is 0.338 e. The first-order chi connectivity index (χ1) is 6.77. The topological polar surface area (TPSA) is 56.7 Å². The van der Waals surface area contributed by atoms with Gasteiger partial charge >= 0.3 is 0 Å². The van der Waals surface area contributed by atoms with Crippen LogP contribution in [0.2, 0.25) is 0 Å². The second-order valence-corrected chi connectivity index (χ2v) is 4.09. The molecule has 14 heavy (non-hydrogen) atoms. The average Bonchev–Trinajstić information content (AvgIpc) is 2.77. The van der Waals surface area contributed by atoms with Gasteiger partial charge in [-0.3, -0.25) is 4.98 Å². The molecule has 0 amide bonds. The number of thiazole rings is 1. The van der Waals surface area contributed by atoms with Gasteiger partial charge in [0.05, 0.1) is 5.51 Å². The highest BCUT2D eigenvalue weighted by atomic mass is 32.1. The molecule has 0 radical (unpaired) electrons. The fourth-order valence-corrected chi connectivity index (χ4v) is 1.92. The molecule has 0 spiro atoms. The summed E-state index contributed by atoms with van der Waals surface area (Å²) in [5, 5.41) is 0. The van der Waals surface area contributed by atoms with E-state index in [1.165, 1.54) is 0 Å². The van der Waals surface area contributed by atoms with Gasteiger partial charge in [-0.2, -0.15) is 0 Å². The summed E-state index contributed by atoms with van der Waals surface area (Å²) in [6, 6.07) is 0.00333. The van der Waals surface area contributed by atoms with Gasteiger partial charge in [-0.05, 0) is 0 Å². The fourth-order valence-electron chi connectivity index (χ4n) is 1.30. The molecule has 74 valence electrons. The SMILES string of the molecule is Cn1ccnc1CC(N)c1cncs1. The van der Waals surface area contributed by atoms with Crippen LogP contribution in [0.5, 0.6) is 0 Å². The molecule has 2 heterocycles. The van der Waals surface area contributed by atoms with Gasteiger partial charge in [0, 0.05) is 43.0 Å². The Labute approximate surface area is 86.4 Å². The van der Waals surface area contributed by atoms with E-state index in [1.54, 1.807) is 23.0 Å². The first kappa shape index (κ1) is 9.36. The van der Waals surface area contributed by atoms with Crippen molar-refractivity contribution in [3.8, 4) is 0 Å². The zero-order valence-corrected chi connectivity index (χ0v) is 8.74. The average molecular weight is 208 g/mol. The highest BCUT2D eigenvalue weighted by molar-refractivity contribution is 7.09. The molecule has 0 aliphatic rings. The summed E-state index contributed by atoms with van der Waals surface area (Å²) in [6.07, 6.45) is 6.29. The maximum atomic E-state index is 6.02. The Balaban J connectivity index is 2.09. The van der Waals surface area contributed by atoms with E-state index in [0.717, 1.165) is 17.1 Å². The molecule has 0 bridgehead atoms. The van der Waals surface area contributed by atoms with Crippen LogP contribution in [-0.4, -0.2) is 14.5 Å². The Bertz CT molecular complexity index is 393. The lowest BCUT2D eigenvalue weighted by Gasteiger charge is -2.08. The third-order valence-electron chi connectivity index (χ3n) is 2.14. The van der Waals surface area contributed by atoms with Crippen LogP contribution in [0.25, 0.3) is 0 Å². The number of hydrogen-bond acceptors (Lipinski definition) is 4. The number of aromatic nitrogens is 3. The monoisotopic (exact) mass is 208 g/mol. The quantitative estimate of drug-likeness (QED) is 0.822. The van der Waals surface area contributed by atoms with Gasteiger partial charge in [-0.15, -0.1) is 11.3 Å². The van der Waals surface area contributed by atoms with Gasteiger partial charge in [-0.1, -0.05) is 0 Å². The molecule has 4 nitrogen and oxygen atoms in total. The summed E-state index contributed by atoms with van der Waals surface area (Å²) in [6.45, 7) is 0. The van der Waals surface area contributed by atoms with Crippen LogP contribution in [0.4, 0.5) is 0 Å². The lowest BCUT2D eigenvalue weighted by atomic mass is 10.2. The highest BCUT2D eigenvalue weighted by Crippen LogP contribution is 2.17. The smallest absolute Gasteiger partial charge is 0.110 e. The molecule has 0 aliphatic heterocycles. The van der Waals surface area contributed by atoms with E-state index < -0.39 is 0 Å². The predicted octanol–water partition coefficient (Wildman–Crippen LogP) is 1.12. The molecule has 2 aromatic heterocycles. The Hall–Kier alpha value is -1.20. The zero-order chi connectivity index (χ0) is 9.97. The number of nitrogens with zero attached hydrogens (tertiary/aromatic N) is 3. The Kier molecular flexibility index (Phi) is 2.60. The van der Waals surface area contributed by atoms with Crippen molar-refractivity contribution in [3.63, 3.8) is 0 Å². The van der Waals surface area contributed by atoms with E-state index in [1.807, 2.05) is 24.0 Å². The van der Waals surface area contributed by atoms with E-state index in [4.69, 9.17) is 5.73 Å². The van der Waals surface area contributed by atoms with Crippen LogP contribution in [0, 0.1) is 0 Å². The maximum Gasteiger partial charge on any atom is 0.110 e. The van der Waals surface area contributed by atoms with Crippen molar-refractivity contribution in [1.29, 1.82) is 0 Å². The highest BCUT2D eigenvalue weighted by Gasteiger charge is 2.10. The molecule has 2 N–H and O–H groups in total. The molecule has 0 saturated carbocycles. The lowest BCUT2D eigenvalue weighted by molar-refractivity contribution is 0.667. The van der Waals surface area contributed by atoms with Crippen LogP contribution in [0.1, 0.15) is 16.7 Å². The van der Waals surface area contributed by atoms with Crippen molar-refractivity contribution in [2.24, 2.45) is 12.8 Å². The van der Waals surface area contributed by atoms with Gasteiger partial charge in [0.2, 0.25) is 0 Å². The lowest BCUT2D eigenvalue weighted by Crippen LogP contribution is -2.14. The first-order valence-electron chi connectivity index (χ1n) is 4.37.